The minimum Gasteiger partial charge on any atom is -0.458 e. The minimum absolute atomic E-state index is 0.0453. The Morgan fingerprint density at radius 2 is 1.84 bits per heavy atom. The Morgan fingerprint density at radius 3 is 2.57 bits per heavy atom. The molecule has 200 valence electrons. The lowest BCUT2D eigenvalue weighted by Gasteiger charge is -2.52. The second-order valence-electron chi connectivity index (χ2n) is 13.2. The fourth-order valence-corrected chi connectivity index (χ4v) is 9.23. The van der Waals surface area contributed by atoms with Gasteiger partial charge in [0.2, 0.25) is 0 Å². The molecule has 1 fully saturated rings. The molecule has 0 saturated heterocycles. The van der Waals surface area contributed by atoms with E-state index in [1.807, 2.05) is 26.8 Å². The molecule has 2 aliphatic heterocycles. The molecule has 0 aromatic carbocycles. The maximum absolute atomic E-state index is 12.4. The zero-order chi connectivity index (χ0) is 26.5. The summed E-state index contributed by atoms with van der Waals surface area (Å²) in [4.78, 5) is 24.6. The van der Waals surface area contributed by atoms with Crippen LogP contribution in [0.2, 0.25) is 0 Å². The second-order valence-corrected chi connectivity index (χ2v) is 13.2. The van der Waals surface area contributed by atoms with Crippen LogP contribution < -0.4 is 0 Å². The number of hydrogen-bond acceptors (Lipinski definition) is 6. The zero-order valence-electron chi connectivity index (χ0n) is 22.9. The molecule has 0 unspecified atom stereocenters. The topological polar surface area (TPSA) is 82.1 Å². The summed E-state index contributed by atoms with van der Waals surface area (Å²) in [5.74, 6) is 0.0416. The van der Waals surface area contributed by atoms with Gasteiger partial charge in [0.1, 0.15) is 11.7 Å². The van der Waals surface area contributed by atoms with Gasteiger partial charge in [-0.25, -0.2) is 9.59 Å². The van der Waals surface area contributed by atoms with Crippen LogP contribution in [-0.4, -0.2) is 47.6 Å². The van der Waals surface area contributed by atoms with Crippen LogP contribution in [0.25, 0.3) is 0 Å². The summed E-state index contributed by atoms with van der Waals surface area (Å²) in [5, 5.41) is 12.4. The fourth-order valence-electron chi connectivity index (χ4n) is 9.23. The third-order valence-corrected chi connectivity index (χ3v) is 10.8. The quantitative estimate of drug-likeness (QED) is 0.404. The van der Waals surface area contributed by atoms with Gasteiger partial charge in [-0.15, -0.1) is 0 Å². The third kappa shape index (κ3) is 3.58. The smallest absolute Gasteiger partial charge is 0.333 e. The first-order valence-electron chi connectivity index (χ1n) is 13.9. The van der Waals surface area contributed by atoms with E-state index < -0.39 is 11.2 Å². The molecule has 9 atom stereocenters. The summed E-state index contributed by atoms with van der Waals surface area (Å²) < 4.78 is 17.9. The third-order valence-electron chi connectivity index (χ3n) is 10.8. The highest BCUT2D eigenvalue weighted by atomic mass is 16.6. The molecule has 0 spiro atoms. The molecule has 1 saturated carbocycles. The number of esters is 2. The summed E-state index contributed by atoms with van der Waals surface area (Å²) in [6.07, 6.45) is 11.4. The van der Waals surface area contributed by atoms with Crippen molar-refractivity contribution in [3.63, 3.8) is 0 Å². The van der Waals surface area contributed by atoms with Crippen molar-refractivity contribution in [2.45, 2.75) is 90.1 Å². The van der Waals surface area contributed by atoms with Crippen LogP contribution in [0.3, 0.4) is 0 Å². The first-order chi connectivity index (χ1) is 17.4. The number of allylic oxidation sites excluding steroid dienone is 2. The molecular weight excluding hydrogens is 468 g/mol. The predicted molar refractivity (Wildman–Crippen MR) is 138 cm³/mol. The molecule has 0 radical (unpaired) electrons. The Labute approximate surface area is 219 Å². The molecule has 6 rings (SSSR count). The lowest BCUT2D eigenvalue weighted by molar-refractivity contribution is -0.153. The van der Waals surface area contributed by atoms with Gasteiger partial charge in [0.05, 0.1) is 11.7 Å². The van der Waals surface area contributed by atoms with Gasteiger partial charge in [0.25, 0.3) is 0 Å². The van der Waals surface area contributed by atoms with Gasteiger partial charge < -0.3 is 19.3 Å². The molecule has 1 N–H and O–H groups in total. The van der Waals surface area contributed by atoms with Gasteiger partial charge in [-0.1, -0.05) is 31.6 Å². The van der Waals surface area contributed by atoms with E-state index in [9.17, 15) is 14.7 Å². The highest BCUT2D eigenvalue weighted by molar-refractivity contribution is 5.89. The SMILES string of the molecule is CO[C@H]1C[C@@]2(C)[C@H](C[C@@]3(O)C=C4C=CC(=O)OC(C)(C)[C@H]4CC[C@H]23)C2=C1[C@@H](C)[C@H]1OC(=O)C(C)=C[C@H]1C2. The molecule has 37 heavy (non-hydrogen) atoms. The van der Waals surface area contributed by atoms with E-state index in [1.54, 1.807) is 7.11 Å². The van der Waals surface area contributed by atoms with Crippen LogP contribution in [-0.2, 0) is 23.8 Å². The van der Waals surface area contributed by atoms with Crippen molar-refractivity contribution in [1.82, 2.24) is 0 Å². The summed E-state index contributed by atoms with van der Waals surface area (Å²) in [7, 11) is 1.78. The normalized spacial score (nSPS) is 46.1. The Morgan fingerprint density at radius 1 is 1.08 bits per heavy atom. The van der Waals surface area contributed by atoms with Crippen LogP contribution in [0.4, 0.5) is 0 Å². The van der Waals surface area contributed by atoms with E-state index in [1.165, 1.54) is 17.2 Å². The van der Waals surface area contributed by atoms with Gasteiger partial charge in [-0.2, -0.15) is 0 Å². The standard InChI is InChI=1S/C31H40O6/c1-16-11-19-12-20-22-14-31(34)13-18-7-10-25(32)37-29(3,4)21(18)8-9-24(31)30(22,5)15-23(35-6)26(20)17(2)27(19)36-28(16)33/h7,10-11,13,17,19,21-24,27,34H,8-9,12,14-15H2,1-6H3/t17-,19+,21+,22-,23+,24-,27-,30+,31+/m1/s1. The number of methoxy groups -OCH3 is 1. The van der Waals surface area contributed by atoms with Crippen molar-refractivity contribution in [3.05, 3.63) is 46.6 Å². The molecule has 0 amide bonds. The van der Waals surface area contributed by atoms with E-state index in [0.717, 1.165) is 31.3 Å². The highest BCUT2D eigenvalue weighted by Crippen LogP contribution is 2.66. The van der Waals surface area contributed by atoms with E-state index >= 15 is 0 Å². The Hall–Kier alpha value is -2.18. The average molecular weight is 509 g/mol. The fraction of sp³-hybridized carbons (Fsp3) is 0.677. The Bertz CT molecular complexity index is 1170. The number of aliphatic hydroxyl groups is 1. The van der Waals surface area contributed by atoms with Crippen molar-refractivity contribution in [2.75, 3.05) is 7.11 Å². The van der Waals surface area contributed by atoms with Gasteiger partial charge in [-0.3, -0.25) is 0 Å². The van der Waals surface area contributed by atoms with Crippen molar-refractivity contribution in [1.29, 1.82) is 0 Å². The molecular formula is C31H40O6. The van der Waals surface area contributed by atoms with Crippen LogP contribution in [0.1, 0.15) is 66.7 Å². The monoisotopic (exact) mass is 508 g/mol. The highest BCUT2D eigenvalue weighted by Gasteiger charge is 2.64. The first-order valence-corrected chi connectivity index (χ1v) is 13.9. The second kappa shape index (κ2) is 8.16. The number of fused-ring (bicyclic) bond motifs is 6. The van der Waals surface area contributed by atoms with Gasteiger partial charge in [-0.05, 0) is 87.3 Å². The van der Waals surface area contributed by atoms with Crippen LogP contribution in [0, 0.1) is 35.0 Å². The largest absolute Gasteiger partial charge is 0.458 e. The zero-order valence-corrected chi connectivity index (χ0v) is 22.9. The maximum atomic E-state index is 12.4. The lowest BCUT2D eigenvalue weighted by atomic mass is 9.56. The van der Waals surface area contributed by atoms with Gasteiger partial charge >= 0.3 is 11.9 Å². The van der Waals surface area contributed by atoms with E-state index in [2.05, 4.69) is 26.0 Å². The number of cyclic esters (lactones) is 1. The van der Waals surface area contributed by atoms with Gasteiger partial charge in [0.15, 0.2) is 0 Å². The number of hydrogen-bond donors (Lipinski definition) is 1. The van der Waals surface area contributed by atoms with Crippen molar-refractivity contribution in [2.24, 2.45) is 35.0 Å². The molecule has 0 aromatic heterocycles. The Balaban J connectivity index is 1.44. The van der Waals surface area contributed by atoms with Crippen LogP contribution in [0.15, 0.2) is 46.6 Å². The molecule has 0 bridgehead atoms. The van der Waals surface area contributed by atoms with Crippen molar-refractivity contribution < 1.29 is 28.9 Å². The van der Waals surface area contributed by atoms with E-state index in [0.29, 0.717) is 12.0 Å². The van der Waals surface area contributed by atoms with Gasteiger partial charge in [0, 0.05) is 36.5 Å². The van der Waals surface area contributed by atoms with E-state index in [4.69, 9.17) is 14.2 Å². The number of carbonyl (C=O) groups is 2. The molecule has 4 aliphatic carbocycles. The number of rotatable bonds is 1. The molecule has 6 heteroatoms. The average Bonchev–Trinajstić information content (AvgIpc) is 2.89. The molecule has 6 aliphatic rings. The maximum Gasteiger partial charge on any atom is 0.333 e. The number of ether oxygens (including phenoxy) is 3. The summed E-state index contributed by atoms with van der Waals surface area (Å²) in [5.41, 5.74) is 2.66. The lowest BCUT2D eigenvalue weighted by Crippen LogP contribution is -2.49. The summed E-state index contributed by atoms with van der Waals surface area (Å²) >= 11 is 0. The Kier molecular flexibility index (Phi) is 5.54. The van der Waals surface area contributed by atoms with Crippen molar-refractivity contribution in [3.8, 4) is 0 Å². The molecule has 0 aromatic rings. The van der Waals surface area contributed by atoms with Crippen LogP contribution in [0.5, 0.6) is 0 Å². The van der Waals surface area contributed by atoms with Crippen molar-refractivity contribution >= 4 is 11.9 Å². The minimum atomic E-state index is -0.969. The molecule has 2 heterocycles. The van der Waals surface area contributed by atoms with E-state index in [-0.39, 0.29) is 59.2 Å². The first kappa shape index (κ1) is 25.1. The summed E-state index contributed by atoms with van der Waals surface area (Å²) in [6, 6.07) is 0. The predicted octanol–water partition coefficient (Wildman–Crippen LogP) is 4.83. The number of carbonyl (C=O) groups excluding carboxylic acids is 2. The molecule has 6 nitrogen and oxygen atoms in total. The summed E-state index contributed by atoms with van der Waals surface area (Å²) in [6.45, 7) is 10.3. The van der Waals surface area contributed by atoms with Crippen LogP contribution >= 0.6 is 0 Å².